The highest BCUT2D eigenvalue weighted by Gasteiger charge is 2.38. The van der Waals surface area contributed by atoms with E-state index < -0.39 is 10.1 Å². The Bertz CT molecular complexity index is 221. The maximum absolute atomic E-state index is 10.9. The lowest BCUT2D eigenvalue weighted by Gasteiger charge is -1.98. The van der Waals surface area contributed by atoms with E-state index in [2.05, 4.69) is 4.18 Å². The molecular formula is C6H12O4S. The van der Waals surface area contributed by atoms with Crippen molar-refractivity contribution in [2.45, 2.75) is 26.1 Å². The molecule has 0 aliphatic carbocycles. The highest BCUT2D eigenvalue weighted by atomic mass is 32.2. The zero-order valence-corrected chi connectivity index (χ0v) is 7.43. The fraction of sp³-hybridized carbons (Fsp3) is 1.00. The summed E-state index contributed by atoms with van der Waals surface area (Å²) in [6.07, 6.45) is -0.0724. The molecule has 0 radical (unpaired) electrons. The predicted octanol–water partition coefficient (Wildman–Crippen LogP) is 0.140. The molecule has 0 bridgehead atoms. The summed E-state index contributed by atoms with van der Waals surface area (Å²) < 4.78 is 31.3. The molecule has 1 heterocycles. The van der Waals surface area contributed by atoms with Gasteiger partial charge in [-0.25, -0.2) is 0 Å². The smallest absolute Gasteiger partial charge is 0.269 e. The van der Waals surface area contributed by atoms with Crippen molar-refractivity contribution in [3.8, 4) is 0 Å². The number of hydrogen-bond acceptors (Lipinski definition) is 4. The van der Waals surface area contributed by atoms with Crippen molar-refractivity contribution in [2.75, 3.05) is 12.4 Å². The standard InChI is InChI=1S/C6H12O4S/c1-3-9-11(7,8)4-6-5(2)10-6/h5-6H,3-4H2,1-2H3. The van der Waals surface area contributed by atoms with E-state index in [4.69, 9.17) is 4.74 Å². The molecule has 0 saturated carbocycles. The van der Waals surface area contributed by atoms with Gasteiger partial charge in [0.1, 0.15) is 11.9 Å². The molecule has 1 aliphatic rings. The Hall–Kier alpha value is -0.130. The van der Waals surface area contributed by atoms with E-state index in [9.17, 15) is 8.42 Å². The highest BCUT2D eigenvalue weighted by Crippen LogP contribution is 2.22. The molecule has 2 atom stereocenters. The van der Waals surface area contributed by atoms with Gasteiger partial charge in [-0.05, 0) is 13.8 Å². The van der Waals surface area contributed by atoms with Crippen LogP contribution >= 0.6 is 0 Å². The molecule has 0 aromatic rings. The van der Waals surface area contributed by atoms with Crippen molar-refractivity contribution in [3.63, 3.8) is 0 Å². The van der Waals surface area contributed by atoms with Crippen LogP contribution < -0.4 is 0 Å². The Morgan fingerprint density at radius 2 is 2.09 bits per heavy atom. The van der Waals surface area contributed by atoms with Crippen LogP contribution in [0.25, 0.3) is 0 Å². The summed E-state index contributed by atoms with van der Waals surface area (Å²) in [6.45, 7) is 3.68. The molecular weight excluding hydrogens is 168 g/mol. The summed E-state index contributed by atoms with van der Waals surface area (Å²) in [6, 6.07) is 0. The van der Waals surface area contributed by atoms with Gasteiger partial charge >= 0.3 is 0 Å². The SMILES string of the molecule is CCOS(=O)(=O)CC1OC1C. The van der Waals surface area contributed by atoms with Crippen LogP contribution in [0, 0.1) is 0 Å². The number of epoxide rings is 1. The minimum absolute atomic E-state index is 0.0119. The zero-order valence-electron chi connectivity index (χ0n) is 6.61. The minimum Gasteiger partial charge on any atom is -0.369 e. The van der Waals surface area contributed by atoms with Crippen LogP contribution in [-0.2, 0) is 19.0 Å². The van der Waals surface area contributed by atoms with Gasteiger partial charge in [-0.1, -0.05) is 0 Å². The van der Waals surface area contributed by atoms with Crippen LogP contribution in [-0.4, -0.2) is 33.0 Å². The van der Waals surface area contributed by atoms with Crippen LogP contribution in [0.1, 0.15) is 13.8 Å². The van der Waals surface area contributed by atoms with E-state index >= 15 is 0 Å². The van der Waals surface area contributed by atoms with Crippen molar-refractivity contribution < 1.29 is 17.3 Å². The predicted molar refractivity (Wildman–Crippen MR) is 39.7 cm³/mol. The molecule has 4 nitrogen and oxygen atoms in total. The Morgan fingerprint density at radius 1 is 1.55 bits per heavy atom. The first-order valence-electron chi connectivity index (χ1n) is 3.57. The normalized spacial score (nSPS) is 30.4. The van der Waals surface area contributed by atoms with Gasteiger partial charge in [-0.3, -0.25) is 4.18 Å². The fourth-order valence-corrected chi connectivity index (χ4v) is 2.04. The third-order valence-corrected chi connectivity index (χ3v) is 2.83. The molecule has 0 aromatic carbocycles. The first kappa shape index (κ1) is 8.96. The maximum Gasteiger partial charge on any atom is 0.269 e. The Morgan fingerprint density at radius 3 is 2.45 bits per heavy atom. The van der Waals surface area contributed by atoms with E-state index in [1.54, 1.807) is 6.92 Å². The molecule has 0 spiro atoms. The van der Waals surface area contributed by atoms with Gasteiger partial charge in [0.05, 0.1) is 12.7 Å². The van der Waals surface area contributed by atoms with Gasteiger partial charge in [0.25, 0.3) is 10.1 Å². The third kappa shape index (κ3) is 2.76. The molecule has 11 heavy (non-hydrogen) atoms. The van der Waals surface area contributed by atoms with Crippen molar-refractivity contribution in [1.29, 1.82) is 0 Å². The maximum atomic E-state index is 10.9. The molecule has 2 unspecified atom stereocenters. The molecule has 0 aromatic heterocycles. The van der Waals surface area contributed by atoms with Crippen molar-refractivity contribution >= 4 is 10.1 Å². The van der Waals surface area contributed by atoms with E-state index in [0.717, 1.165) is 0 Å². The van der Waals surface area contributed by atoms with E-state index in [1.165, 1.54) is 0 Å². The summed E-state index contributed by atoms with van der Waals surface area (Å²) >= 11 is 0. The second kappa shape index (κ2) is 3.08. The summed E-state index contributed by atoms with van der Waals surface area (Å²) in [5.41, 5.74) is 0. The topological polar surface area (TPSA) is 55.9 Å². The molecule has 0 N–H and O–H groups in total. The second-order valence-electron chi connectivity index (χ2n) is 2.51. The summed E-state index contributed by atoms with van der Waals surface area (Å²) in [5, 5.41) is 0. The minimum atomic E-state index is -3.33. The van der Waals surface area contributed by atoms with Crippen LogP contribution in [0.2, 0.25) is 0 Å². The Kier molecular flexibility index (Phi) is 2.51. The summed E-state index contributed by atoms with van der Waals surface area (Å²) in [5.74, 6) is -0.0119. The highest BCUT2D eigenvalue weighted by molar-refractivity contribution is 7.86. The summed E-state index contributed by atoms with van der Waals surface area (Å²) in [7, 11) is -3.33. The second-order valence-corrected chi connectivity index (χ2v) is 4.19. The number of hydrogen-bond donors (Lipinski definition) is 0. The van der Waals surface area contributed by atoms with Gasteiger partial charge in [0.2, 0.25) is 0 Å². The molecule has 66 valence electrons. The van der Waals surface area contributed by atoms with E-state index in [1.807, 2.05) is 6.92 Å². The number of ether oxygens (including phenoxy) is 1. The monoisotopic (exact) mass is 180 g/mol. The van der Waals surface area contributed by atoms with Crippen LogP contribution in [0.4, 0.5) is 0 Å². The van der Waals surface area contributed by atoms with Crippen molar-refractivity contribution in [3.05, 3.63) is 0 Å². The average molecular weight is 180 g/mol. The average Bonchev–Trinajstić information content (AvgIpc) is 2.44. The van der Waals surface area contributed by atoms with Gasteiger partial charge in [-0.15, -0.1) is 0 Å². The lowest BCUT2D eigenvalue weighted by Crippen LogP contribution is -2.15. The fourth-order valence-electron chi connectivity index (χ4n) is 0.834. The quantitative estimate of drug-likeness (QED) is 0.456. The number of rotatable bonds is 4. The van der Waals surface area contributed by atoms with Gasteiger partial charge in [-0.2, -0.15) is 8.42 Å². The molecule has 1 rings (SSSR count). The Balaban J connectivity index is 2.35. The molecule has 0 amide bonds. The summed E-state index contributed by atoms with van der Waals surface area (Å²) in [4.78, 5) is 0. The molecule has 1 aliphatic heterocycles. The first-order chi connectivity index (χ1) is 5.05. The molecule has 5 heteroatoms. The van der Waals surface area contributed by atoms with E-state index in [-0.39, 0.29) is 24.6 Å². The van der Waals surface area contributed by atoms with Crippen molar-refractivity contribution in [1.82, 2.24) is 0 Å². The van der Waals surface area contributed by atoms with Gasteiger partial charge in [0, 0.05) is 0 Å². The molecule has 1 saturated heterocycles. The zero-order chi connectivity index (χ0) is 8.48. The largest absolute Gasteiger partial charge is 0.369 e. The Labute approximate surface area is 66.6 Å². The van der Waals surface area contributed by atoms with Gasteiger partial charge < -0.3 is 4.74 Å². The first-order valence-corrected chi connectivity index (χ1v) is 5.15. The van der Waals surface area contributed by atoms with Crippen LogP contribution in [0.3, 0.4) is 0 Å². The van der Waals surface area contributed by atoms with Crippen molar-refractivity contribution in [2.24, 2.45) is 0 Å². The lowest BCUT2D eigenvalue weighted by atomic mass is 10.4. The van der Waals surface area contributed by atoms with E-state index in [0.29, 0.717) is 0 Å². The van der Waals surface area contributed by atoms with Crippen LogP contribution in [0.15, 0.2) is 0 Å². The third-order valence-electron chi connectivity index (χ3n) is 1.50. The van der Waals surface area contributed by atoms with Gasteiger partial charge in [0.15, 0.2) is 0 Å². The van der Waals surface area contributed by atoms with Crippen LogP contribution in [0.5, 0.6) is 0 Å². The molecule has 1 fully saturated rings. The lowest BCUT2D eigenvalue weighted by molar-refractivity contribution is 0.331.